The monoisotopic (exact) mass is 348 g/mol. The molecule has 0 radical (unpaired) electrons. The summed E-state index contributed by atoms with van der Waals surface area (Å²) in [7, 11) is 1.61. The van der Waals surface area contributed by atoms with Crippen LogP contribution in [0.1, 0.15) is 15.9 Å². The van der Waals surface area contributed by atoms with Gasteiger partial charge in [0.25, 0.3) is 5.91 Å². The lowest BCUT2D eigenvalue weighted by Crippen LogP contribution is -2.36. The molecule has 2 N–H and O–H groups in total. The predicted octanol–water partition coefficient (Wildman–Crippen LogP) is 2.89. The Labute approximate surface area is 152 Å². The van der Waals surface area contributed by atoms with Crippen molar-refractivity contribution in [3.63, 3.8) is 0 Å². The lowest BCUT2D eigenvalue weighted by atomic mass is 10.1. The summed E-state index contributed by atoms with van der Waals surface area (Å²) in [5.41, 5.74) is 1.49. The molecule has 5 heteroatoms. The second kappa shape index (κ2) is 8.16. The normalized spacial score (nSPS) is 10.3. The average molecular weight is 348 g/mol. The highest BCUT2D eigenvalue weighted by atomic mass is 16.5. The van der Waals surface area contributed by atoms with Crippen molar-refractivity contribution in [2.45, 2.75) is 6.54 Å². The Balaban J connectivity index is 1.50. The molecule has 0 heterocycles. The molecular formula is C21H20N2O3. The third-order valence-corrected chi connectivity index (χ3v) is 4.07. The van der Waals surface area contributed by atoms with Gasteiger partial charge >= 0.3 is 0 Å². The topological polar surface area (TPSA) is 67.4 Å². The fourth-order valence-electron chi connectivity index (χ4n) is 2.60. The van der Waals surface area contributed by atoms with Crippen molar-refractivity contribution >= 4 is 22.6 Å². The Morgan fingerprint density at radius 2 is 1.62 bits per heavy atom. The van der Waals surface area contributed by atoms with Gasteiger partial charge in [0, 0.05) is 12.1 Å². The molecule has 0 aromatic heterocycles. The van der Waals surface area contributed by atoms with Gasteiger partial charge in [0.2, 0.25) is 5.91 Å². The van der Waals surface area contributed by atoms with E-state index in [-0.39, 0.29) is 18.4 Å². The van der Waals surface area contributed by atoms with Crippen LogP contribution >= 0.6 is 0 Å². The maximum Gasteiger partial charge on any atom is 0.251 e. The van der Waals surface area contributed by atoms with E-state index in [1.807, 2.05) is 60.7 Å². The summed E-state index contributed by atoms with van der Waals surface area (Å²) in [6, 6.07) is 20.7. The van der Waals surface area contributed by atoms with E-state index in [2.05, 4.69) is 10.6 Å². The zero-order valence-electron chi connectivity index (χ0n) is 14.5. The zero-order chi connectivity index (χ0) is 18.4. The standard InChI is InChI=1S/C21H20N2O3/c1-26-19-10-6-15(7-11-19)13-22-20(24)14-23-21(25)18-9-8-16-4-2-3-5-17(16)12-18/h2-12H,13-14H2,1H3,(H,22,24)(H,23,25). The Morgan fingerprint density at radius 1 is 0.885 bits per heavy atom. The lowest BCUT2D eigenvalue weighted by molar-refractivity contribution is -0.120. The maximum atomic E-state index is 12.2. The first-order chi connectivity index (χ1) is 12.7. The minimum Gasteiger partial charge on any atom is -0.497 e. The Kier molecular flexibility index (Phi) is 5.49. The van der Waals surface area contributed by atoms with Crippen LogP contribution in [-0.2, 0) is 11.3 Å². The molecule has 0 fully saturated rings. The van der Waals surface area contributed by atoms with Crippen LogP contribution in [0.4, 0.5) is 0 Å². The molecule has 0 aliphatic rings. The molecule has 3 rings (SSSR count). The van der Waals surface area contributed by atoms with Gasteiger partial charge in [-0.15, -0.1) is 0 Å². The van der Waals surface area contributed by atoms with Gasteiger partial charge in [-0.1, -0.05) is 42.5 Å². The summed E-state index contributed by atoms with van der Waals surface area (Å²) in [5.74, 6) is 0.257. The molecule has 0 saturated carbocycles. The van der Waals surface area contributed by atoms with E-state index < -0.39 is 0 Å². The SMILES string of the molecule is COc1ccc(CNC(=O)CNC(=O)c2ccc3ccccc3c2)cc1. The van der Waals surface area contributed by atoms with Crippen LogP contribution < -0.4 is 15.4 Å². The van der Waals surface area contributed by atoms with Gasteiger partial charge in [0.05, 0.1) is 13.7 Å². The van der Waals surface area contributed by atoms with Crippen LogP contribution in [0.15, 0.2) is 66.7 Å². The van der Waals surface area contributed by atoms with Crippen LogP contribution in [0.2, 0.25) is 0 Å². The molecule has 3 aromatic carbocycles. The molecule has 0 unspecified atom stereocenters. The lowest BCUT2D eigenvalue weighted by Gasteiger charge is -2.08. The molecule has 0 bridgehead atoms. The van der Waals surface area contributed by atoms with Crippen molar-refractivity contribution in [3.8, 4) is 5.75 Å². The van der Waals surface area contributed by atoms with Crippen LogP contribution in [0.5, 0.6) is 5.75 Å². The highest BCUT2D eigenvalue weighted by Crippen LogP contribution is 2.15. The number of carbonyl (C=O) groups excluding carboxylic acids is 2. The molecule has 0 aliphatic heterocycles. The minimum absolute atomic E-state index is 0.0676. The first-order valence-corrected chi connectivity index (χ1v) is 8.32. The number of fused-ring (bicyclic) bond motifs is 1. The molecule has 5 nitrogen and oxygen atoms in total. The largest absolute Gasteiger partial charge is 0.497 e. The first-order valence-electron chi connectivity index (χ1n) is 8.32. The molecule has 2 amide bonds. The Bertz CT molecular complexity index is 920. The van der Waals surface area contributed by atoms with Gasteiger partial charge in [0.15, 0.2) is 0 Å². The zero-order valence-corrected chi connectivity index (χ0v) is 14.5. The summed E-state index contributed by atoms with van der Waals surface area (Å²) in [6.45, 7) is 0.330. The number of nitrogens with one attached hydrogen (secondary N) is 2. The highest BCUT2D eigenvalue weighted by molar-refractivity contribution is 5.99. The summed E-state index contributed by atoms with van der Waals surface area (Å²) < 4.78 is 5.09. The molecule has 0 aliphatic carbocycles. The van der Waals surface area contributed by atoms with Crippen LogP contribution in [0.25, 0.3) is 10.8 Å². The van der Waals surface area contributed by atoms with Gasteiger partial charge in [-0.2, -0.15) is 0 Å². The van der Waals surface area contributed by atoms with E-state index >= 15 is 0 Å². The number of amides is 2. The van der Waals surface area contributed by atoms with Crippen molar-refractivity contribution in [2.24, 2.45) is 0 Å². The average Bonchev–Trinajstić information content (AvgIpc) is 2.70. The number of benzene rings is 3. The first kappa shape index (κ1) is 17.5. The highest BCUT2D eigenvalue weighted by Gasteiger charge is 2.08. The van der Waals surface area contributed by atoms with Crippen molar-refractivity contribution in [3.05, 3.63) is 77.9 Å². The third-order valence-electron chi connectivity index (χ3n) is 4.07. The number of methoxy groups -OCH3 is 1. The second-order valence-electron chi connectivity index (χ2n) is 5.87. The second-order valence-corrected chi connectivity index (χ2v) is 5.87. The molecule has 0 atom stereocenters. The number of hydrogen-bond acceptors (Lipinski definition) is 3. The Morgan fingerprint density at radius 3 is 2.35 bits per heavy atom. The van der Waals surface area contributed by atoms with Crippen LogP contribution in [0.3, 0.4) is 0 Å². The van der Waals surface area contributed by atoms with E-state index in [4.69, 9.17) is 4.74 Å². The summed E-state index contributed by atoms with van der Waals surface area (Å²) in [4.78, 5) is 24.2. The number of ether oxygens (including phenoxy) is 1. The van der Waals surface area contributed by atoms with Gasteiger partial charge in [0.1, 0.15) is 5.75 Å². The van der Waals surface area contributed by atoms with Gasteiger partial charge in [-0.05, 0) is 40.6 Å². The fraction of sp³-hybridized carbons (Fsp3) is 0.143. The van der Waals surface area contributed by atoms with Gasteiger partial charge in [-0.25, -0.2) is 0 Å². The maximum absolute atomic E-state index is 12.2. The molecule has 0 saturated heterocycles. The summed E-state index contributed by atoms with van der Waals surface area (Å²) in [6.07, 6.45) is 0. The van der Waals surface area contributed by atoms with Crippen molar-refractivity contribution in [1.82, 2.24) is 10.6 Å². The summed E-state index contributed by atoms with van der Waals surface area (Å²) >= 11 is 0. The van der Waals surface area contributed by atoms with E-state index in [9.17, 15) is 9.59 Å². The van der Waals surface area contributed by atoms with Crippen molar-refractivity contribution in [1.29, 1.82) is 0 Å². The van der Waals surface area contributed by atoms with E-state index in [0.717, 1.165) is 22.1 Å². The quantitative estimate of drug-likeness (QED) is 0.720. The third kappa shape index (κ3) is 4.39. The number of carbonyl (C=O) groups is 2. The molecule has 26 heavy (non-hydrogen) atoms. The van der Waals surface area contributed by atoms with Crippen LogP contribution in [-0.4, -0.2) is 25.5 Å². The van der Waals surface area contributed by atoms with Crippen molar-refractivity contribution in [2.75, 3.05) is 13.7 Å². The van der Waals surface area contributed by atoms with Crippen molar-refractivity contribution < 1.29 is 14.3 Å². The molecular weight excluding hydrogens is 328 g/mol. The Hall–Kier alpha value is -3.34. The molecule has 0 spiro atoms. The van der Waals surface area contributed by atoms with Gasteiger partial charge < -0.3 is 15.4 Å². The van der Waals surface area contributed by atoms with E-state index in [1.165, 1.54) is 0 Å². The molecule has 132 valence electrons. The van der Waals surface area contributed by atoms with E-state index in [1.54, 1.807) is 13.2 Å². The van der Waals surface area contributed by atoms with Gasteiger partial charge in [-0.3, -0.25) is 9.59 Å². The summed E-state index contributed by atoms with van der Waals surface area (Å²) in [5, 5.41) is 7.49. The molecule has 3 aromatic rings. The number of rotatable bonds is 6. The minimum atomic E-state index is -0.268. The van der Waals surface area contributed by atoms with Crippen LogP contribution in [0, 0.1) is 0 Å². The van der Waals surface area contributed by atoms with E-state index in [0.29, 0.717) is 12.1 Å². The predicted molar refractivity (Wildman–Crippen MR) is 101 cm³/mol. The smallest absolute Gasteiger partial charge is 0.251 e. The fourth-order valence-corrected chi connectivity index (χ4v) is 2.60. The number of hydrogen-bond donors (Lipinski definition) is 2.